The third-order valence-corrected chi connectivity index (χ3v) is 4.84. The highest BCUT2D eigenvalue weighted by Crippen LogP contribution is 2.35. The first-order valence-electron chi connectivity index (χ1n) is 8.94. The number of aromatic nitrogens is 1. The summed E-state index contributed by atoms with van der Waals surface area (Å²) < 4.78 is 11.1. The van der Waals surface area contributed by atoms with Crippen LogP contribution in [-0.4, -0.2) is 25.2 Å². The van der Waals surface area contributed by atoms with Crippen molar-refractivity contribution in [1.29, 1.82) is 0 Å². The maximum atomic E-state index is 5.70. The standard InChI is InChI=1S/C21H24N2O2/c1-3-12-25-15-6-4-14(5-7-15)20-21-17(10-11-22-20)18-13-16(24-2)8-9-19(18)23-21/h4-9,13,20,22-23H,3,10-12H2,1-2H3. The molecule has 1 aromatic heterocycles. The highest BCUT2D eigenvalue weighted by Gasteiger charge is 2.25. The van der Waals surface area contributed by atoms with E-state index in [1.165, 1.54) is 27.7 Å². The molecule has 0 spiro atoms. The summed E-state index contributed by atoms with van der Waals surface area (Å²) in [5.74, 6) is 1.84. The van der Waals surface area contributed by atoms with E-state index < -0.39 is 0 Å². The van der Waals surface area contributed by atoms with Crippen molar-refractivity contribution in [3.05, 3.63) is 59.3 Å². The van der Waals surface area contributed by atoms with E-state index >= 15 is 0 Å². The van der Waals surface area contributed by atoms with E-state index in [9.17, 15) is 0 Å². The van der Waals surface area contributed by atoms with Crippen molar-refractivity contribution in [2.45, 2.75) is 25.8 Å². The number of ether oxygens (including phenoxy) is 2. The summed E-state index contributed by atoms with van der Waals surface area (Å²) in [6.45, 7) is 3.84. The highest BCUT2D eigenvalue weighted by atomic mass is 16.5. The Morgan fingerprint density at radius 1 is 1.08 bits per heavy atom. The first-order chi connectivity index (χ1) is 12.3. The molecule has 0 fully saturated rings. The van der Waals surface area contributed by atoms with Gasteiger partial charge in [0.15, 0.2) is 0 Å². The molecule has 1 aliphatic rings. The number of hydrogen-bond acceptors (Lipinski definition) is 3. The molecule has 25 heavy (non-hydrogen) atoms. The minimum Gasteiger partial charge on any atom is -0.497 e. The van der Waals surface area contributed by atoms with E-state index in [1.54, 1.807) is 7.11 Å². The molecule has 0 amide bonds. The molecule has 2 aromatic carbocycles. The average molecular weight is 336 g/mol. The Bertz CT molecular complexity index is 867. The van der Waals surface area contributed by atoms with Crippen LogP contribution in [0.15, 0.2) is 42.5 Å². The second kappa shape index (κ2) is 6.81. The van der Waals surface area contributed by atoms with Crippen molar-refractivity contribution < 1.29 is 9.47 Å². The summed E-state index contributed by atoms with van der Waals surface area (Å²) in [6.07, 6.45) is 2.05. The molecule has 130 valence electrons. The smallest absolute Gasteiger partial charge is 0.119 e. The van der Waals surface area contributed by atoms with Gasteiger partial charge in [-0.2, -0.15) is 0 Å². The Hall–Kier alpha value is -2.46. The maximum Gasteiger partial charge on any atom is 0.119 e. The number of hydrogen-bond donors (Lipinski definition) is 2. The predicted molar refractivity (Wildman–Crippen MR) is 101 cm³/mol. The Labute approximate surface area is 148 Å². The average Bonchev–Trinajstić information content (AvgIpc) is 3.04. The Morgan fingerprint density at radius 3 is 2.64 bits per heavy atom. The van der Waals surface area contributed by atoms with E-state index in [4.69, 9.17) is 9.47 Å². The van der Waals surface area contributed by atoms with Crippen LogP contribution in [0.1, 0.15) is 36.2 Å². The van der Waals surface area contributed by atoms with Gasteiger partial charge in [0.25, 0.3) is 0 Å². The van der Waals surface area contributed by atoms with Gasteiger partial charge >= 0.3 is 0 Å². The van der Waals surface area contributed by atoms with Crippen LogP contribution >= 0.6 is 0 Å². The topological polar surface area (TPSA) is 46.3 Å². The van der Waals surface area contributed by atoms with Crippen molar-refractivity contribution in [2.24, 2.45) is 0 Å². The molecule has 0 bridgehead atoms. The van der Waals surface area contributed by atoms with Gasteiger partial charge in [0.05, 0.1) is 19.8 Å². The first-order valence-corrected chi connectivity index (χ1v) is 8.94. The lowest BCUT2D eigenvalue weighted by atomic mass is 9.94. The van der Waals surface area contributed by atoms with E-state index in [1.807, 2.05) is 6.07 Å². The number of fused-ring (bicyclic) bond motifs is 3. The monoisotopic (exact) mass is 336 g/mol. The quantitative estimate of drug-likeness (QED) is 0.734. The summed E-state index contributed by atoms with van der Waals surface area (Å²) in [6, 6.07) is 14.9. The number of aromatic amines is 1. The lowest BCUT2D eigenvalue weighted by molar-refractivity contribution is 0.317. The van der Waals surface area contributed by atoms with E-state index in [-0.39, 0.29) is 6.04 Å². The number of methoxy groups -OCH3 is 1. The van der Waals surface area contributed by atoms with Gasteiger partial charge in [-0.25, -0.2) is 0 Å². The third kappa shape index (κ3) is 2.98. The largest absolute Gasteiger partial charge is 0.497 e. The fourth-order valence-corrected chi connectivity index (χ4v) is 3.59. The molecular weight excluding hydrogens is 312 g/mol. The van der Waals surface area contributed by atoms with Crippen LogP contribution < -0.4 is 14.8 Å². The van der Waals surface area contributed by atoms with Gasteiger partial charge in [-0.3, -0.25) is 0 Å². The van der Waals surface area contributed by atoms with Crippen molar-refractivity contribution >= 4 is 10.9 Å². The molecule has 1 aliphatic heterocycles. The van der Waals surface area contributed by atoms with Crippen LogP contribution in [0.25, 0.3) is 10.9 Å². The van der Waals surface area contributed by atoms with Crippen LogP contribution in [0.3, 0.4) is 0 Å². The predicted octanol–water partition coefficient (Wildman–Crippen LogP) is 4.20. The molecule has 0 aliphatic carbocycles. The molecule has 4 rings (SSSR count). The molecule has 2 heterocycles. The number of benzene rings is 2. The van der Waals surface area contributed by atoms with Crippen LogP contribution in [0, 0.1) is 0 Å². The summed E-state index contributed by atoms with van der Waals surface area (Å²) in [5.41, 5.74) is 5.08. The second-order valence-corrected chi connectivity index (χ2v) is 6.48. The van der Waals surface area contributed by atoms with Crippen LogP contribution in [0.5, 0.6) is 11.5 Å². The molecule has 2 N–H and O–H groups in total. The summed E-state index contributed by atoms with van der Waals surface area (Å²) in [7, 11) is 1.72. The third-order valence-electron chi connectivity index (χ3n) is 4.84. The van der Waals surface area contributed by atoms with E-state index in [0.29, 0.717) is 0 Å². The van der Waals surface area contributed by atoms with Crippen molar-refractivity contribution in [1.82, 2.24) is 10.3 Å². The summed E-state index contributed by atoms with van der Waals surface area (Å²) >= 11 is 0. The molecular formula is C21H24N2O2. The molecule has 4 heteroatoms. The van der Waals surface area contributed by atoms with Gasteiger partial charge in [0.1, 0.15) is 11.5 Å². The van der Waals surface area contributed by atoms with Gasteiger partial charge in [0, 0.05) is 23.1 Å². The van der Waals surface area contributed by atoms with E-state index in [0.717, 1.165) is 37.5 Å². The molecule has 1 atom stereocenters. The zero-order valence-corrected chi connectivity index (χ0v) is 14.8. The van der Waals surface area contributed by atoms with Gasteiger partial charge in [0.2, 0.25) is 0 Å². The van der Waals surface area contributed by atoms with Crippen molar-refractivity contribution in [3.8, 4) is 11.5 Å². The maximum absolute atomic E-state index is 5.70. The van der Waals surface area contributed by atoms with Crippen LogP contribution in [-0.2, 0) is 6.42 Å². The second-order valence-electron chi connectivity index (χ2n) is 6.48. The van der Waals surface area contributed by atoms with Crippen LogP contribution in [0.4, 0.5) is 0 Å². The SMILES string of the molecule is CCCOc1ccc(C2NCCc3c2[nH]c2ccc(OC)cc32)cc1. The number of rotatable bonds is 5. The summed E-state index contributed by atoms with van der Waals surface area (Å²) in [4.78, 5) is 3.62. The molecule has 0 radical (unpaired) electrons. The highest BCUT2D eigenvalue weighted by molar-refractivity contribution is 5.86. The van der Waals surface area contributed by atoms with Crippen LogP contribution in [0.2, 0.25) is 0 Å². The molecule has 0 saturated heterocycles. The Kier molecular flexibility index (Phi) is 4.36. The normalized spacial score (nSPS) is 16.6. The Morgan fingerprint density at radius 2 is 1.88 bits per heavy atom. The lowest BCUT2D eigenvalue weighted by Gasteiger charge is -2.25. The molecule has 1 unspecified atom stereocenters. The van der Waals surface area contributed by atoms with Gasteiger partial charge in [-0.15, -0.1) is 0 Å². The van der Waals surface area contributed by atoms with Gasteiger partial charge in [-0.05, 0) is 54.3 Å². The minimum absolute atomic E-state index is 0.183. The minimum atomic E-state index is 0.183. The lowest BCUT2D eigenvalue weighted by Crippen LogP contribution is -2.30. The zero-order chi connectivity index (χ0) is 17.2. The zero-order valence-electron chi connectivity index (χ0n) is 14.8. The fraction of sp³-hybridized carbons (Fsp3) is 0.333. The van der Waals surface area contributed by atoms with Crippen molar-refractivity contribution in [3.63, 3.8) is 0 Å². The number of nitrogens with one attached hydrogen (secondary N) is 2. The fourth-order valence-electron chi connectivity index (χ4n) is 3.59. The summed E-state index contributed by atoms with van der Waals surface area (Å²) in [5, 5.41) is 4.91. The van der Waals surface area contributed by atoms with Crippen molar-refractivity contribution in [2.75, 3.05) is 20.3 Å². The number of H-pyrrole nitrogens is 1. The van der Waals surface area contributed by atoms with E-state index in [2.05, 4.69) is 53.6 Å². The molecule has 4 nitrogen and oxygen atoms in total. The Balaban J connectivity index is 1.69. The van der Waals surface area contributed by atoms with Gasteiger partial charge < -0.3 is 19.8 Å². The van der Waals surface area contributed by atoms with Gasteiger partial charge in [-0.1, -0.05) is 19.1 Å². The first kappa shape index (κ1) is 16.0. The molecule has 0 saturated carbocycles. The molecule has 3 aromatic rings.